The van der Waals surface area contributed by atoms with Crippen LogP contribution in [0.1, 0.15) is 22.3 Å². The molecule has 4 heteroatoms. The van der Waals surface area contributed by atoms with Crippen molar-refractivity contribution in [2.45, 2.75) is 12.8 Å². The Kier molecular flexibility index (Phi) is 2.66. The van der Waals surface area contributed by atoms with Gasteiger partial charge < -0.3 is 0 Å². The largest absolute Gasteiger partial charge is 0.294 e. The third-order valence-corrected chi connectivity index (χ3v) is 3.40. The molecule has 0 atom stereocenters. The van der Waals surface area contributed by atoms with E-state index in [-0.39, 0.29) is 11.3 Å². The zero-order valence-corrected chi connectivity index (χ0v) is 9.84. The summed E-state index contributed by atoms with van der Waals surface area (Å²) < 4.78 is 40.0. The first-order valence-corrected chi connectivity index (χ1v) is 5.88. The van der Waals surface area contributed by atoms with Gasteiger partial charge in [-0.25, -0.2) is 13.2 Å². The topological polar surface area (TPSA) is 17.1 Å². The summed E-state index contributed by atoms with van der Waals surface area (Å²) in [5, 5.41) is 0. The van der Waals surface area contributed by atoms with Crippen molar-refractivity contribution >= 4 is 5.78 Å². The maximum atomic E-state index is 13.8. The van der Waals surface area contributed by atoms with Crippen molar-refractivity contribution in [2.24, 2.45) is 0 Å². The molecule has 0 saturated carbocycles. The van der Waals surface area contributed by atoms with Gasteiger partial charge in [0.25, 0.3) is 0 Å². The second kappa shape index (κ2) is 4.23. The van der Waals surface area contributed by atoms with Gasteiger partial charge in [0.2, 0.25) is 0 Å². The fraction of sp³-hybridized carbons (Fsp3) is 0.133. The molecule has 0 saturated heterocycles. The molecule has 19 heavy (non-hydrogen) atoms. The lowest BCUT2D eigenvalue weighted by Crippen LogP contribution is -1.97. The van der Waals surface area contributed by atoms with Gasteiger partial charge in [0, 0.05) is 17.5 Å². The highest BCUT2D eigenvalue weighted by atomic mass is 19.2. The van der Waals surface area contributed by atoms with E-state index in [1.165, 1.54) is 6.07 Å². The number of Topliss-reactive ketones (excluding diaryl/α,β-unsaturated/α-hetero) is 1. The van der Waals surface area contributed by atoms with Gasteiger partial charge in [0.15, 0.2) is 23.2 Å². The van der Waals surface area contributed by atoms with Crippen LogP contribution in [0.4, 0.5) is 13.2 Å². The van der Waals surface area contributed by atoms with Gasteiger partial charge in [0.1, 0.15) is 0 Å². The van der Waals surface area contributed by atoms with Crippen molar-refractivity contribution in [3.8, 4) is 11.1 Å². The molecule has 0 aromatic heterocycles. The summed E-state index contributed by atoms with van der Waals surface area (Å²) in [6, 6.07) is 7.01. The van der Waals surface area contributed by atoms with Crippen LogP contribution in [0.5, 0.6) is 0 Å². The van der Waals surface area contributed by atoms with Gasteiger partial charge >= 0.3 is 0 Å². The van der Waals surface area contributed by atoms with Crippen molar-refractivity contribution in [3.63, 3.8) is 0 Å². The molecule has 3 rings (SSSR count). The lowest BCUT2D eigenvalue weighted by Gasteiger charge is -2.09. The predicted molar refractivity (Wildman–Crippen MR) is 64.4 cm³/mol. The van der Waals surface area contributed by atoms with E-state index in [2.05, 4.69) is 0 Å². The van der Waals surface area contributed by atoms with Crippen LogP contribution in [0.25, 0.3) is 11.1 Å². The molecule has 1 nitrogen and oxygen atoms in total. The van der Waals surface area contributed by atoms with Crippen LogP contribution >= 0.6 is 0 Å². The number of halogens is 3. The second-order valence-corrected chi connectivity index (χ2v) is 4.48. The van der Waals surface area contributed by atoms with Crippen molar-refractivity contribution in [1.82, 2.24) is 0 Å². The highest BCUT2D eigenvalue weighted by Crippen LogP contribution is 2.34. The quantitative estimate of drug-likeness (QED) is 0.712. The smallest absolute Gasteiger partial charge is 0.195 e. The zero-order chi connectivity index (χ0) is 13.6. The molecule has 0 amide bonds. The summed E-state index contributed by atoms with van der Waals surface area (Å²) in [5.74, 6) is -3.92. The first-order valence-electron chi connectivity index (χ1n) is 5.88. The minimum absolute atomic E-state index is 0.000146. The molecule has 2 aromatic rings. The number of hydrogen-bond acceptors (Lipinski definition) is 1. The number of carbonyl (C=O) groups is 1. The lowest BCUT2D eigenvalue weighted by molar-refractivity contribution is 0.0994. The Balaban J connectivity index is 2.25. The molecule has 0 N–H and O–H groups in total. The summed E-state index contributed by atoms with van der Waals surface area (Å²) in [6.07, 6.45) is 0.875. The zero-order valence-electron chi connectivity index (χ0n) is 9.84. The fourth-order valence-electron chi connectivity index (χ4n) is 2.48. The Morgan fingerprint density at radius 2 is 1.53 bits per heavy atom. The van der Waals surface area contributed by atoms with E-state index in [0.717, 1.165) is 6.07 Å². The maximum Gasteiger partial charge on any atom is 0.195 e. The maximum absolute atomic E-state index is 13.8. The van der Waals surface area contributed by atoms with Crippen LogP contribution in [0.15, 0.2) is 30.3 Å². The summed E-state index contributed by atoms with van der Waals surface area (Å²) in [4.78, 5) is 11.6. The van der Waals surface area contributed by atoms with E-state index < -0.39 is 17.5 Å². The third-order valence-electron chi connectivity index (χ3n) is 3.40. The Morgan fingerprint density at radius 3 is 2.32 bits per heavy atom. The normalized spacial score (nSPS) is 13.7. The van der Waals surface area contributed by atoms with Crippen LogP contribution in [0.2, 0.25) is 0 Å². The molecule has 0 heterocycles. The van der Waals surface area contributed by atoms with E-state index in [4.69, 9.17) is 0 Å². The van der Waals surface area contributed by atoms with Crippen molar-refractivity contribution in [2.75, 3.05) is 0 Å². The summed E-state index contributed by atoms with van der Waals surface area (Å²) >= 11 is 0. The molecule has 0 aliphatic heterocycles. The number of fused-ring (bicyclic) bond motifs is 1. The predicted octanol–water partition coefficient (Wildman–Crippen LogP) is 3.90. The third kappa shape index (κ3) is 1.75. The number of carbonyl (C=O) groups excluding carboxylic acids is 1. The van der Waals surface area contributed by atoms with Crippen LogP contribution < -0.4 is 0 Å². The molecular weight excluding hydrogens is 253 g/mol. The summed E-state index contributed by atoms with van der Waals surface area (Å²) in [7, 11) is 0. The number of hydrogen-bond donors (Lipinski definition) is 0. The van der Waals surface area contributed by atoms with Gasteiger partial charge in [-0.3, -0.25) is 4.79 Å². The number of rotatable bonds is 1. The minimum atomic E-state index is -1.49. The molecule has 0 unspecified atom stereocenters. The van der Waals surface area contributed by atoms with E-state index >= 15 is 0 Å². The summed E-state index contributed by atoms with van der Waals surface area (Å²) in [5.41, 5.74) is 1.70. The lowest BCUT2D eigenvalue weighted by atomic mass is 9.96. The number of benzene rings is 2. The van der Waals surface area contributed by atoms with Crippen molar-refractivity contribution in [1.29, 1.82) is 0 Å². The highest BCUT2D eigenvalue weighted by Gasteiger charge is 2.24. The van der Waals surface area contributed by atoms with Crippen LogP contribution in [0, 0.1) is 17.5 Å². The molecule has 0 radical (unpaired) electrons. The molecule has 2 aromatic carbocycles. The first kappa shape index (κ1) is 12.0. The van der Waals surface area contributed by atoms with Gasteiger partial charge in [0.05, 0.1) is 0 Å². The molecular formula is C15H9F3O. The van der Waals surface area contributed by atoms with Gasteiger partial charge in [-0.05, 0) is 29.7 Å². The molecule has 0 bridgehead atoms. The van der Waals surface area contributed by atoms with Crippen molar-refractivity contribution < 1.29 is 18.0 Å². The van der Waals surface area contributed by atoms with E-state index in [0.29, 0.717) is 29.5 Å². The van der Waals surface area contributed by atoms with Crippen LogP contribution in [-0.2, 0) is 6.42 Å². The minimum Gasteiger partial charge on any atom is -0.294 e. The van der Waals surface area contributed by atoms with Crippen LogP contribution in [-0.4, -0.2) is 5.78 Å². The van der Waals surface area contributed by atoms with Crippen molar-refractivity contribution in [3.05, 3.63) is 58.9 Å². The highest BCUT2D eigenvalue weighted by molar-refractivity contribution is 6.02. The first-order chi connectivity index (χ1) is 9.09. The van der Waals surface area contributed by atoms with Gasteiger partial charge in [-0.15, -0.1) is 0 Å². The molecule has 1 aliphatic rings. The van der Waals surface area contributed by atoms with E-state index in [9.17, 15) is 18.0 Å². The SMILES string of the molecule is O=C1CCc2c1cccc2-c1ccc(F)c(F)c1F. The molecule has 0 fully saturated rings. The average molecular weight is 262 g/mol. The fourth-order valence-corrected chi connectivity index (χ4v) is 2.48. The van der Waals surface area contributed by atoms with E-state index in [1.54, 1.807) is 18.2 Å². The van der Waals surface area contributed by atoms with Gasteiger partial charge in [-0.2, -0.15) is 0 Å². The van der Waals surface area contributed by atoms with Crippen LogP contribution in [0.3, 0.4) is 0 Å². The van der Waals surface area contributed by atoms with Gasteiger partial charge in [-0.1, -0.05) is 18.2 Å². The second-order valence-electron chi connectivity index (χ2n) is 4.48. The Labute approximate surface area is 107 Å². The standard InChI is InChI=1S/C15H9F3O/c16-12-6-4-11(14(17)15(12)18)8-2-1-3-10-9(8)5-7-13(10)19/h1-4,6H,5,7H2. The van der Waals surface area contributed by atoms with E-state index in [1.807, 2.05) is 0 Å². The monoisotopic (exact) mass is 262 g/mol. The molecule has 1 aliphatic carbocycles. The Morgan fingerprint density at radius 1 is 0.789 bits per heavy atom. The Hall–Kier alpha value is -2.10. The average Bonchev–Trinajstić information content (AvgIpc) is 2.79. The number of ketones is 1. The summed E-state index contributed by atoms with van der Waals surface area (Å²) in [6.45, 7) is 0. The molecule has 0 spiro atoms. The Bertz CT molecular complexity index is 692. The molecule has 96 valence electrons.